The zero-order valence-corrected chi connectivity index (χ0v) is 11.8. The van der Waals surface area contributed by atoms with E-state index in [1.165, 1.54) is 0 Å². The van der Waals surface area contributed by atoms with Crippen molar-refractivity contribution >= 4 is 9.84 Å². The fourth-order valence-electron chi connectivity index (χ4n) is 2.96. The third-order valence-electron chi connectivity index (χ3n) is 4.18. The van der Waals surface area contributed by atoms with Crippen LogP contribution in [0, 0.1) is 5.92 Å². The number of sulfone groups is 1. The Labute approximate surface area is 114 Å². The van der Waals surface area contributed by atoms with Crippen LogP contribution in [0.1, 0.15) is 24.9 Å². The molecule has 104 valence electrons. The summed E-state index contributed by atoms with van der Waals surface area (Å²) in [5.74, 6) is 0.657. The number of ether oxygens (including phenoxy) is 1. The number of nitrogens with one attached hydrogen (secondary N) is 1. The van der Waals surface area contributed by atoms with Gasteiger partial charge in [0.1, 0.15) is 0 Å². The maximum atomic E-state index is 12.1. The molecule has 5 heteroatoms. The molecule has 0 aromatic heterocycles. The van der Waals surface area contributed by atoms with Crippen molar-refractivity contribution in [3.8, 4) is 0 Å². The predicted molar refractivity (Wildman–Crippen MR) is 72.8 cm³/mol. The highest BCUT2D eigenvalue weighted by atomic mass is 32.2. The Morgan fingerprint density at radius 3 is 2.89 bits per heavy atom. The molecule has 0 spiro atoms. The third-order valence-corrected chi connectivity index (χ3v) is 5.99. The Hall–Kier alpha value is -0.910. The van der Waals surface area contributed by atoms with Crippen LogP contribution >= 0.6 is 0 Å². The number of hydrogen-bond donors (Lipinski definition) is 1. The van der Waals surface area contributed by atoms with Crippen molar-refractivity contribution in [2.24, 2.45) is 5.92 Å². The predicted octanol–water partition coefficient (Wildman–Crippen LogP) is 1.53. The molecule has 3 unspecified atom stereocenters. The van der Waals surface area contributed by atoms with Crippen LogP contribution in [-0.4, -0.2) is 33.4 Å². The van der Waals surface area contributed by atoms with Gasteiger partial charge in [-0.3, -0.25) is 0 Å². The van der Waals surface area contributed by atoms with Crippen molar-refractivity contribution in [3.63, 3.8) is 0 Å². The molecule has 0 radical (unpaired) electrons. The normalized spacial score (nSPS) is 32.4. The third kappa shape index (κ3) is 2.42. The van der Waals surface area contributed by atoms with E-state index in [0.717, 1.165) is 25.1 Å². The fourth-order valence-corrected chi connectivity index (χ4v) is 4.73. The standard InChI is InChI=1S/C14H19NO3S/c1-10-11(6-7-18-10)8-15-13-9-19(16,17)14-5-3-2-4-12(13)14/h2-5,10-11,13,15H,6-9H2,1H3. The van der Waals surface area contributed by atoms with Crippen molar-refractivity contribution < 1.29 is 13.2 Å². The van der Waals surface area contributed by atoms with Crippen molar-refractivity contribution in [1.29, 1.82) is 0 Å². The summed E-state index contributed by atoms with van der Waals surface area (Å²) in [5, 5.41) is 3.41. The van der Waals surface area contributed by atoms with E-state index in [1.807, 2.05) is 12.1 Å². The first-order chi connectivity index (χ1) is 9.08. The molecule has 1 aromatic rings. The van der Waals surface area contributed by atoms with E-state index in [-0.39, 0.29) is 17.9 Å². The van der Waals surface area contributed by atoms with E-state index in [4.69, 9.17) is 4.74 Å². The summed E-state index contributed by atoms with van der Waals surface area (Å²) in [6.45, 7) is 3.71. The van der Waals surface area contributed by atoms with Crippen molar-refractivity contribution in [3.05, 3.63) is 29.8 Å². The summed E-state index contributed by atoms with van der Waals surface area (Å²) in [6.07, 6.45) is 1.32. The molecule has 1 N–H and O–H groups in total. The zero-order valence-electron chi connectivity index (χ0n) is 11.0. The average molecular weight is 281 g/mol. The quantitative estimate of drug-likeness (QED) is 0.913. The molecule has 2 aliphatic rings. The van der Waals surface area contributed by atoms with E-state index in [0.29, 0.717) is 10.8 Å². The molecule has 1 fully saturated rings. The minimum Gasteiger partial charge on any atom is -0.378 e. The van der Waals surface area contributed by atoms with Gasteiger partial charge in [-0.05, 0) is 30.9 Å². The Bertz CT molecular complexity index is 570. The smallest absolute Gasteiger partial charge is 0.180 e. The minimum atomic E-state index is -3.11. The van der Waals surface area contributed by atoms with Crippen molar-refractivity contribution in [1.82, 2.24) is 5.32 Å². The van der Waals surface area contributed by atoms with Gasteiger partial charge in [0, 0.05) is 19.2 Å². The molecule has 0 bridgehead atoms. The Morgan fingerprint density at radius 1 is 1.37 bits per heavy atom. The number of fused-ring (bicyclic) bond motifs is 1. The first kappa shape index (κ1) is 13.1. The van der Waals surface area contributed by atoms with Crippen LogP contribution in [0.2, 0.25) is 0 Å². The monoisotopic (exact) mass is 281 g/mol. The van der Waals surface area contributed by atoms with E-state index < -0.39 is 9.84 Å². The summed E-state index contributed by atoms with van der Waals surface area (Å²) in [5.41, 5.74) is 0.911. The maximum Gasteiger partial charge on any atom is 0.180 e. The Morgan fingerprint density at radius 2 is 2.16 bits per heavy atom. The van der Waals surface area contributed by atoms with Gasteiger partial charge in [0.2, 0.25) is 0 Å². The molecule has 0 aliphatic carbocycles. The topological polar surface area (TPSA) is 55.4 Å². The first-order valence-electron chi connectivity index (χ1n) is 6.74. The molecule has 4 nitrogen and oxygen atoms in total. The lowest BCUT2D eigenvalue weighted by Gasteiger charge is -2.18. The highest BCUT2D eigenvalue weighted by Gasteiger charge is 2.35. The van der Waals surface area contributed by atoms with Gasteiger partial charge < -0.3 is 10.1 Å². The molecule has 1 saturated heterocycles. The molecule has 2 aliphatic heterocycles. The van der Waals surface area contributed by atoms with E-state index >= 15 is 0 Å². The summed E-state index contributed by atoms with van der Waals surface area (Å²) >= 11 is 0. The van der Waals surface area contributed by atoms with Crippen molar-refractivity contribution in [2.75, 3.05) is 18.9 Å². The van der Waals surface area contributed by atoms with Crippen LogP contribution in [0.25, 0.3) is 0 Å². The second-order valence-electron chi connectivity index (χ2n) is 5.40. The maximum absolute atomic E-state index is 12.1. The molecular weight excluding hydrogens is 262 g/mol. The van der Waals surface area contributed by atoms with E-state index in [9.17, 15) is 8.42 Å². The van der Waals surface area contributed by atoms with Gasteiger partial charge in [-0.1, -0.05) is 18.2 Å². The van der Waals surface area contributed by atoms with Gasteiger partial charge in [-0.25, -0.2) is 8.42 Å². The molecule has 3 atom stereocenters. The highest BCUT2D eigenvalue weighted by molar-refractivity contribution is 7.91. The van der Waals surface area contributed by atoms with Crippen LogP contribution < -0.4 is 5.32 Å². The number of rotatable bonds is 3. The molecule has 3 rings (SSSR count). The molecule has 0 saturated carbocycles. The van der Waals surface area contributed by atoms with Crippen molar-refractivity contribution in [2.45, 2.75) is 30.4 Å². The first-order valence-corrected chi connectivity index (χ1v) is 8.40. The molecule has 19 heavy (non-hydrogen) atoms. The lowest BCUT2D eigenvalue weighted by atomic mass is 10.0. The summed E-state index contributed by atoms with van der Waals surface area (Å²) in [7, 11) is -3.11. The second-order valence-corrected chi connectivity index (χ2v) is 7.41. The number of benzene rings is 1. The van der Waals surface area contributed by atoms with Gasteiger partial charge >= 0.3 is 0 Å². The fraction of sp³-hybridized carbons (Fsp3) is 0.571. The molecule has 0 amide bonds. The Balaban J connectivity index is 1.73. The van der Waals surface area contributed by atoms with Gasteiger partial charge in [-0.2, -0.15) is 0 Å². The SMILES string of the molecule is CC1OCCC1CNC1CS(=O)(=O)c2ccccc21. The lowest BCUT2D eigenvalue weighted by molar-refractivity contribution is 0.105. The van der Waals surface area contributed by atoms with E-state index in [1.54, 1.807) is 12.1 Å². The number of hydrogen-bond acceptors (Lipinski definition) is 4. The molecule has 2 heterocycles. The summed E-state index contributed by atoms with van der Waals surface area (Å²) < 4.78 is 29.7. The highest BCUT2D eigenvalue weighted by Crippen LogP contribution is 2.33. The van der Waals surface area contributed by atoms with E-state index in [2.05, 4.69) is 12.2 Å². The van der Waals surface area contributed by atoms with Crippen LogP contribution in [0.5, 0.6) is 0 Å². The van der Waals surface area contributed by atoms with Crippen LogP contribution in [0.4, 0.5) is 0 Å². The van der Waals surface area contributed by atoms with Gasteiger partial charge in [-0.15, -0.1) is 0 Å². The molecular formula is C14H19NO3S. The van der Waals surface area contributed by atoms with Crippen LogP contribution in [-0.2, 0) is 14.6 Å². The van der Waals surface area contributed by atoms with Gasteiger partial charge in [0.05, 0.1) is 16.8 Å². The zero-order chi connectivity index (χ0) is 13.5. The van der Waals surface area contributed by atoms with Gasteiger partial charge in [0.15, 0.2) is 9.84 Å². The van der Waals surface area contributed by atoms with Gasteiger partial charge in [0.25, 0.3) is 0 Å². The lowest BCUT2D eigenvalue weighted by Crippen LogP contribution is -2.31. The molecule has 1 aromatic carbocycles. The average Bonchev–Trinajstić information content (AvgIpc) is 2.90. The minimum absolute atomic E-state index is 0.0750. The summed E-state index contributed by atoms with van der Waals surface area (Å²) in [6, 6.07) is 7.22. The van der Waals surface area contributed by atoms with Crippen LogP contribution in [0.3, 0.4) is 0 Å². The second kappa shape index (κ2) is 4.89. The van der Waals surface area contributed by atoms with Crippen LogP contribution in [0.15, 0.2) is 29.2 Å². The summed E-state index contributed by atoms with van der Waals surface area (Å²) in [4.78, 5) is 0.489. The largest absolute Gasteiger partial charge is 0.378 e. The Kier molecular flexibility index (Phi) is 3.37.